The van der Waals surface area contributed by atoms with Gasteiger partial charge < -0.3 is 4.90 Å². The summed E-state index contributed by atoms with van der Waals surface area (Å²) in [5.41, 5.74) is 0. The molecular formula is C14H22BrNO. The Morgan fingerprint density at radius 3 is 2.35 bits per heavy atom. The highest BCUT2D eigenvalue weighted by Crippen LogP contribution is 2.56. The third-order valence-corrected chi connectivity index (χ3v) is 5.78. The van der Waals surface area contributed by atoms with Crippen molar-refractivity contribution >= 4 is 21.8 Å². The second-order valence-electron chi connectivity index (χ2n) is 6.29. The fourth-order valence-electron chi connectivity index (χ4n) is 3.89. The van der Waals surface area contributed by atoms with Crippen molar-refractivity contribution in [1.29, 1.82) is 0 Å². The Morgan fingerprint density at radius 2 is 1.82 bits per heavy atom. The van der Waals surface area contributed by atoms with Crippen LogP contribution in [0.5, 0.6) is 0 Å². The molecule has 0 aromatic carbocycles. The summed E-state index contributed by atoms with van der Waals surface area (Å²) >= 11 is 3.62. The Morgan fingerprint density at radius 1 is 1.24 bits per heavy atom. The van der Waals surface area contributed by atoms with Crippen LogP contribution in [0.4, 0.5) is 0 Å². The fourth-order valence-corrected chi connectivity index (χ4v) is 4.95. The normalized spacial score (nSPS) is 43.5. The van der Waals surface area contributed by atoms with Crippen LogP contribution in [-0.4, -0.2) is 29.2 Å². The fraction of sp³-hybridized carbons (Fsp3) is 0.929. The lowest BCUT2D eigenvalue weighted by Gasteiger charge is -2.34. The molecule has 3 rings (SSSR count). The first-order valence-corrected chi connectivity index (χ1v) is 7.97. The SMILES string of the molecule is CN(CC1CC(Br)C1)C(=O)C1C2CCCCC21. The minimum atomic E-state index is 0.405. The number of carbonyl (C=O) groups excluding carboxylic acids is 1. The molecule has 17 heavy (non-hydrogen) atoms. The highest BCUT2D eigenvalue weighted by Gasteiger charge is 2.55. The third kappa shape index (κ3) is 2.27. The summed E-state index contributed by atoms with van der Waals surface area (Å²) in [6.07, 6.45) is 7.80. The van der Waals surface area contributed by atoms with Gasteiger partial charge in [0, 0.05) is 24.3 Å². The minimum Gasteiger partial charge on any atom is -0.345 e. The van der Waals surface area contributed by atoms with Crippen molar-refractivity contribution in [2.24, 2.45) is 23.7 Å². The van der Waals surface area contributed by atoms with E-state index in [4.69, 9.17) is 0 Å². The van der Waals surface area contributed by atoms with Gasteiger partial charge in [-0.1, -0.05) is 28.8 Å². The number of hydrogen-bond acceptors (Lipinski definition) is 1. The first-order chi connectivity index (χ1) is 8.16. The van der Waals surface area contributed by atoms with E-state index < -0.39 is 0 Å². The zero-order chi connectivity index (χ0) is 12.0. The van der Waals surface area contributed by atoms with E-state index in [0.717, 1.165) is 24.3 Å². The second kappa shape index (κ2) is 4.56. The van der Waals surface area contributed by atoms with Crippen molar-refractivity contribution in [3.05, 3.63) is 0 Å². The lowest BCUT2D eigenvalue weighted by atomic mass is 9.85. The van der Waals surface area contributed by atoms with Gasteiger partial charge in [0.1, 0.15) is 0 Å². The molecule has 0 aromatic rings. The van der Waals surface area contributed by atoms with Gasteiger partial charge in [-0.25, -0.2) is 0 Å². The van der Waals surface area contributed by atoms with Gasteiger partial charge in [0.05, 0.1) is 0 Å². The number of amides is 1. The first-order valence-electron chi connectivity index (χ1n) is 7.06. The van der Waals surface area contributed by atoms with Crippen LogP contribution in [0, 0.1) is 23.7 Å². The van der Waals surface area contributed by atoms with Gasteiger partial charge >= 0.3 is 0 Å². The molecule has 1 amide bonds. The Kier molecular flexibility index (Phi) is 3.22. The quantitative estimate of drug-likeness (QED) is 0.734. The van der Waals surface area contributed by atoms with Gasteiger partial charge in [0.2, 0.25) is 5.91 Å². The molecule has 3 fully saturated rings. The second-order valence-corrected chi connectivity index (χ2v) is 7.59. The van der Waals surface area contributed by atoms with E-state index in [1.54, 1.807) is 0 Å². The van der Waals surface area contributed by atoms with Gasteiger partial charge in [-0.2, -0.15) is 0 Å². The average molecular weight is 300 g/mol. The summed E-state index contributed by atoms with van der Waals surface area (Å²) in [5.74, 6) is 3.10. The maximum absolute atomic E-state index is 12.3. The van der Waals surface area contributed by atoms with Crippen LogP contribution in [0.3, 0.4) is 0 Å². The first kappa shape index (κ1) is 12.0. The molecular weight excluding hydrogens is 278 g/mol. The number of alkyl halides is 1. The largest absolute Gasteiger partial charge is 0.345 e. The number of carbonyl (C=O) groups is 1. The van der Waals surface area contributed by atoms with Crippen LogP contribution in [-0.2, 0) is 4.79 Å². The van der Waals surface area contributed by atoms with E-state index in [-0.39, 0.29) is 0 Å². The molecule has 0 spiro atoms. The minimum absolute atomic E-state index is 0.405. The maximum Gasteiger partial charge on any atom is 0.226 e. The van der Waals surface area contributed by atoms with Crippen LogP contribution in [0.1, 0.15) is 38.5 Å². The van der Waals surface area contributed by atoms with E-state index in [0.29, 0.717) is 16.7 Å². The summed E-state index contributed by atoms with van der Waals surface area (Å²) in [6.45, 7) is 0.983. The molecule has 0 bridgehead atoms. The molecule has 0 N–H and O–H groups in total. The number of hydrogen-bond donors (Lipinski definition) is 0. The van der Waals surface area contributed by atoms with E-state index in [9.17, 15) is 4.79 Å². The van der Waals surface area contributed by atoms with Crippen molar-refractivity contribution < 1.29 is 4.79 Å². The molecule has 3 heteroatoms. The van der Waals surface area contributed by atoms with Gasteiger partial charge in [-0.15, -0.1) is 0 Å². The van der Waals surface area contributed by atoms with Gasteiger partial charge in [0.15, 0.2) is 0 Å². The van der Waals surface area contributed by atoms with Gasteiger partial charge in [-0.05, 0) is 43.4 Å². The summed E-state index contributed by atoms with van der Waals surface area (Å²) in [7, 11) is 2.01. The van der Waals surface area contributed by atoms with Gasteiger partial charge in [-0.3, -0.25) is 4.79 Å². The van der Waals surface area contributed by atoms with E-state index in [1.165, 1.54) is 38.5 Å². The molecule has 0 saturated heterocycles. The predicted octanol–water partition coefficient (Wildman–Crippen LogP) is 3.05. The summed E-state index contributed by atoms with van der Waals surface area (Å²) < 4.78 is 0. The molecule has 2 nitrogen and oxygen atoms in total. The Bertz CT molecular complexity index is 301. The standard InChI is InChI=1S/C14H22BrNO/c1-16(8-9-6-10(15)7-9)14(17)13-11-4-2-3-5-12(11)13/h9-13H,2-8H2,1H3. The molecule has 0 aliphatic heterocycles. The number of rotatable bonds is 3. The van der Waals surface area contributed by atoms with Crippen LogP contribution in [0.15, 0.2) is 0 Å². The monoisotopic (exact) mass is 299 g/mol. The van der Waals surface area contributed by atoms with Crippen molar-refractivity contribution in [2.75, 3.05) is 13.6 Å². The van der Waals surface area contributed by atoms with Crippen LogP contribution < -0.4 is 0 Å². The highest BCUT2D eigenvalue weighted by molar-refractivity contribution is 9.09. The molecule has 2 unspecified atom stereocenters. The summed E-state index contributed by atoms with van der Waals surface area (Å²) in [4.78, 5) is 15.1. The lowest BCUT2D eigenvalue weighted by Crippen LogP contribution is -2.38. The van der Waals surface area contributed by atoms with Crippen molar-refractivity contribution in [3.63, 3.8) is 0 Å². The van der Waals surface area contributed by atoms with Crippen molar-refractivity contribution in [3.8, 4) is 0 Å². The molecule has 3 aliphatic carbocycles. The van der Waals surface area contributed by atoms with Crippen molar-refractivity contribution in [1.82, 2.24) is 4.90 Å². The number of halogens is 1. The maximum atomic E-state index is 12.3. The van der Waals surface area contributed by atoms with Gasteiger partial charge in [0.25, 0.3) is 0 Å². The Hall–Kier alpha value is -0.0500. The Labute approximate surface area is 112 Å². The molecule has 0 radical (unpaired) electrons. The number of fused-ring (bicyclic) bond motifs is 1. The summed E-state index contributed by atoms with van der Waals surface area (Å²) in [6, 6.07) is 0. The van der Waals surface area contributed by atoms with Crippen molar-refractivity contribution in [2.45, 2.75) is 43.4 Å². The average Bonchev–Trinajstić information content (AvgIpc) is 3.00. The summed E-state index contributed by atoms with van der Waals surface area (Å²) in [5, 5.41) is 0. The Balaban J connectivity index is 1.49. The molecule has 2 atom stereocenters. The zero-order valence-corrected chi connectivity index (χ0v) is 12.2. The third-order valence-electron chi connectivity index (χ3n) is 5.03. The predicted molar refractivity (Wildman–Crippen MR) is 72.0 cm³/mol. The smallest absolute Gasteiger partial charge is 0.226 e. The van der Waals surface area contributed by atoms with E-state index in [1.807, 2.05) is 11.9 Å². The lowest BCUT2D eigenvalue weighted by molar-refractivity contribution is -0.132. The van der Waals surface area contributed by atoms with E-state index in [2.05, 4.69) is 15.9 Å². The number of nitrogens with zero attached hydrogens (tertiary/aromatic N) is 1. The molecule has 3 saturated carbocycles. The molecule has 0 aromatic heterocycles. The molecule has 0 heterocycles. The zero-order valence-electron chi connectivity index (χ0n) is 10.6. The van der Waals surface area contributed by atoms with Crippen LogP contribution >= 0.6 is 15.9 Å². The molecule has 3 aliphatic rings. The van der Waals surface area contributed by atoms with Crippen LogP contribution in [0.2, 0.25) is 0 Å². The van der Waals surface area contributed by atoms with E-state index >= 15 is 0 Å². The highest BCUT2D eigenvalue weighted by atomic mass is 79.9. The topological polar surface area (TPSA) is 20.3 Å². The van der Waals surface area contributed by atoms with Crippen LogP contribution in [0.25, 0.3) is 0 Å². The molecule has 96 valence electrons.